The third-order valence-electron chi connectivity index (χ3n) is 9.03. The van der Waals surface area contributed by atoms with Gasteiger partial charge in [0, 0.05) is 63.2 Å². The number of benzene rings is 2. The van der Waals surface area contributed by atoms with Gasteiger partial charge in [-0.1, -0.05) is 35.9 Å². The van der Waals surface area contributed by atoms with E-state index in [0.717, 1.165) is 32.7 Å². The molecule has 0 radical (unpaired) electrons. The van der Waals surface area contributed by atoms with Crippen molar-refractivity contribution in [1.29, 1.82) is 0 Å². The van der Waals surface area contributed by atoms with Gasteiger partial charge in [-0.2, -0.15) is 4.39 Å². The number of hydrogen-bond acceptors (Lipinski definition) is 12. The van der Waals surface area contributed by atoms with Gasteiger partial charge in [-0.15, -0.1) is 11.3 Å². The molecule has 1 atom stereocenters. The molecule has 274 valence electrons. The lowest BCUT2D eigenvalue weighted by molar-refractivity contribution is -0.145. The minimum Gasteiger partial charge on any atom is -0.491 e. The summed E-state index contributed by atoms with van der Waals surface area (Å²) in [6.07, 6.45) is 4.63. The molecule has 1 N–H and O–H groups in total. The van der Waals surface area contributed by atoms with Crippen LogP contribution in [-0.2, 0) is 17.8 Å². The van der Waals surface area contributed by atoms with Crippen LogP contribution >= 0.6 is 22.9 Å². The summed E-state index contributed by atoms with van der Waals surface area (Å²) >= 11 is 8.20. The van der Waals surface area contributed by atoms with Crippen molar-refractivity contribution in [3.8, 4) is 39.1 Å². The third kappa shape index (κ3) is 8.25. The molecule has 12 nitrogen and oxygen atoms in total. The van der Waals surface area contributed by atoms with Crippen molar-refractivity contribution in [2.75, 3.05) is 46.4 Å². The first-order chi connectivity index (χ1) is 25.7. The minimum absolute atomic E-state index is 0.0351. The molecule has 0 bridgehead atoms. The Labute approximate surface area is 313 Å². The SMILES string of the molecule is Cc1c(-c2c(-c3ccc(F)o3)sc3ncnc(O[C@H](Cc4ccccc4OCc4cnccn4)C(=O)O)c23)ccc(OCCN2CCN(C)CC2)c1Cl. The van der Waals surface area contributed by atoms with Gasteiger partial charge in [-0.3, -0.25) is 14.9 Å². The van der Waals surface area contributed by atoms with Crippen LogP contribution in [0.3, 0.4) is 0 Å². The minimum atomic E-state index is -1.37. The molecule has 5 heterocycles. The van der Waals surface area contributed by atoms with Crippen molar-refractivity contribution >= 4 is 39.1 Å². The molecule has 1 fully saturated rings. The molecule has 0 amide bonds. The Hall–Kier alpha value is -5.15. The van der Waals surface area contributed by atoms with Crippen molar-refractivity contribution in [3.05, 3.63) is 101 Å². The number of halogens is 2. The molecule has 1 aliphatic heterocycles. The van der Waals surface area contributed by atoms with Gasteiger partial charge in [0.25, 0.3) is 6.01 Å². The zero-order valence-corrected chi connectivity index (χ0v) is 30.6. The largest absolute Gasteiger partial charge is 0.491 e. The molecular weight excluding hydrogens is 723 g/mol. The Balaban J connectivity index is 1.21. The van der Waals surface area contributed by atoms with E-state index in [2.05, 4.69) is 36.8 Å². The summed E-state index contributed by atoms with van der Waals surface area (Å²) in [6, 6.07) is 12.8. The molecule has 0 aliphatic carbocycles. The van der Waals surface area contributed by atoms with Crippen LogP contribution in [0.5, 0.6) is 17.4 Å². The van der Waals surface area contributed by atoms with Crippen LogP contribution in [0.15, 0.2) is 77.9 Å². The molecule has 1 saturated heterocycles. The zero-order valence-electron chi connectivity index (χ0n) is 29.0. The number of rotatable bonds is 14. The van der Waals surface area contributed by atoms with E-state index in [1.807, 2.05) is 13.0 Å². The highest BCUT2D eigenvalue weighted by atomic mass is 35.5. The molecule has 6 aromatic rings. The number of hydrogen-bond donors (Lipinski definition) is 1. The Kier molecular flexibility index (Phi) is 11.1. The molecule has 1 aliphatic rings. The topological polar surface area (TPSA) is 136 Å². The van der Waals surface area contributed by atoms with Crippen LogP contribution in [0.2, 0.25) is 5.02 Å². The summed E-state index contributed by atoms with van der Waals surface area (Å²) in [5.74, 6) is 0.107. The first kappa shape index (κ1) is 36.2. The Bertz CT molecular complexity index is 2210. The monoisotopic (exact) mass is 758 g/mol. The average molecular weight is 759 g/mol. The number of likely N-dealkylation sites (N-methyl/N-ethyl adjacent to an activating group) is 1. The standard InChI is InChI=1S/C38H36ClFN6O6S/c1-23-26(7-8-28(34(23)39)49-18-17-46-15-13-45(2)14-16-46)32-33-36(43-22-44-37(33)53-35(32)29-9-10-31(40)51-29)52-30(38(47)48)19-24-5-3-4-6-27(24)50-21-25-20-41-11-12-42-25/h3-12,20,22,30H,13-19,21H2,1-2H3,(H,47,48)/t30-/m1/s1. The second-order valence-electron chi connectivity index (χ2n) is 12.6. The Morgan fingerprint density at radius 3 is 2.62 bits per heavy atom. The lowest BCUT2D eigenvalue weighted by atomic mass is 9.97. The molecule has 2 aromatic carbocycles. The highest BCUT2D eigenvalue weighted by Crippen LogP contribution is 2.49. The second kappa shape index (κ2) is 16.3. The Morgan fingerprint density at radius 1 is 1.04 bits per heavy atom. The van der Waals surface area contributed by atoms with Gasteiger partial charge in [0.1, 0.15) is 41.6 Å². The van der Waals surface area contributed by atoms with E-state index in [9.17, 15) is 14.3 Å². The number of aromatic nitrogens is 4. The fraction of sp³-hybridized carbons (Fsp3) is 0.289. The van der Waals surface area contributed by atoms with Gasteiger partial charge in [-0.05, 0) is 48.9 Å². The smallest absolute Gasteiger partial charge is 0.345 e. The number of aliphatic carboxylic acids is 1. The highest BCUT2D eigenvalue weighted by Gasteiger charge is 2.29. The maximum Gasteiger partial charge on any atom is 0.345 e. The molecule has 0 saturated carbocycles. The summed E-state index contributed by atoms with van der Waals surface area (Å²) in [6.45, 7) is 7.24. The maximum atomic E-state index is 14.3. The normalized spacial score (nSPS) is 14.3. The number of ether oxygens (including phenoxy) is 3. The van der Waals surface area contributed by atoms with Crippen LogP contribution in [-0.4, -0.2) is 93.3 Å². The van der Waals surface area contributed by atoms with Gasteiger partial charge in [0.05, 0.1) is 27.2 Å². The number of furan rings is 1. The summed E-state index contributed by atoms with van der Waals surface area (Å²) in [7, 11) is 2.12. The average Bonchev–Trinajstić information content (AvgIpc) is 3.78. The van der Waals surface area contributed by atoms with E-state index in [-0.39, 0.29) is 24.7 Å². The zero-order chi connectivity index (χ0) is 36.9. The highest BCUT2D eigenvalue weighted by molar-refractivity contribution is 7.22. The predicted octanol–water partition coefficient (Wildman–Crippen LogP) is 6.79. The molecular formula is C38H36ClFN6O6S. The predicted molar refractivity (Wildman–Crippen MR) is 198 cm³/mol. The lowest BCUT2D eigenvalue weighted by Crippen LogP contribution is -2.45. The van der Waals surface area contributed by atoms with Crippen LogP contribution < -0.4 is 14.2 Å². The van der Waals surface area contributed by atoms with E-state index in [0.29, 0.717) is 66.2 Å². The van der Waals surface area contributed by atoms with E-state index < -0.39 is 18.1 Å². The first-order valence-corrected chi connectivity index (χ1v) is 18.2. The number of thiophene rings is 1. The van der Waals surface area contributed by atoms with Crippen molar-refractivity contribution in [2.24, 2.45) is 0 Å². The van der Waals surface area contributed by atoms with Crippen LogP contribution in [0.4, 0.5) is 4.39 Å². The molecule has 7 rings (SSSR count). The van der Waals surface area contributed by atoms with Gasteiger partial charge >= 0.3 is 5.97 Å². The van der Waals surface area contributed by atoms with Gasteiger partial charge in [0.15, 0.2) is 0 Å². The quantitative estimate of drug-likeness (QED) is 0.125. The maximum absolute atomic E-state index is 14.3. The second-order valence-corrected chi connectivity index (χ2v) is 13.9. The van der Waals surface area contributed by atoms with Gasteiger partial charge in [-0.25, -0.2) is 14.8 Å². The molecule has 4 aromatic heterocycles. The fourth-order valence-corrected chi connectivity index (χ4v) is 7.47. The van der Waals surface area contributed by atoms with Crippen molar-refractivity contribution in [1.82, 2.24) is 29.7 Å². The van der Waals surface area contributed by atoms with E-state index in [4.69, 9.17) is 30.2 Å². The number of carboxylic acid groups (broad SMARTS) is 1. The van der Waals surface area contributed by atoms with Crippen LogP contribution in [0, 0.1) is 12.9 Å². The lowest BCUT2D eigenvalue weighted by Gasteiger charge is -2.32. The number of carbonyl (C=O) groups is 1. The Morgan fingerprint density at radius 2 is 1.87 bits per heavy atom. The first-order valence-electron chi connectivity index (χ1n) is 17.0. The third-order valence-corrected chi connectivity index (χ3v) is 10.6. The van der Waals surface area contributed by atoms with Crippen LogP contribution in [0.1, 0.15) is 16.8 Å². The molecule has 15 heteroatoms. The number of fused-ring (bicyclic) bond motifs is 1. The van der Waals surface area contributed by atoms with Crippen molar-refractivity contribution < 1.29 is 32.9 Å². The molecule has 0 spiro atoms. The number of para-hydroxylation sites is 1. The number of piperazine rings is 1. The summed E-state index contributed by atoms with van der Waals surface area (Å²) < 4.78 is 38.1. The van der Waals surface area contributed by atoms with Crippen LogP contribution in [0.25, 0.3) is 32.0 Å². The van der Waals surface area contributed by atoms with E-state index in [1.165, 1.54) is 29.8 Å². The summed E-state index contributed by atoms with van der Waals surface area (Å²) in [4.78, 5) is 35.7. The number of nitrogens with zero attached hydrogens (tertiary/aromatic N) is 6. The van der Waals surface area contributed by atoms with Crippen molar-refractivity contribution in [2.45, 2.75) is 26.1 Å². The van der Waals surface area contributed by atoms with E-state index in [1.54, 1.807) is 48.9 Å². The summed E-state index contributed by atoms with van der Waals surface area (Å²) in [5.41, 5.74) is 3.16. The molecule has 53 heavy (non-hydrogen) atoms. The van der Waals surface area contributed by atoms with Crippen molar-refractivity contribution in [3.63, 3.8) is 0 Å². The fourth-order valence-electron chi connectivity index (χ4n) is 6.15. The van der Waals surface area contributed by atoms with Gasteiger partial charge in [0.2, 0.25) is 12.0 Å². The summed E-state index contributed by atoms with van der Waals surface area (Å²) in [5, 5.41) is 11.2. The molecule has 0 unspecified atom stereocenters. The van der Waals surface area contributed by atoms with Gasteiger partial charge < -0.3 is 28.6 Å². The number of carboxylic acids is 1. The van der Waals surface area contributed by atoms with E-state index >= 15 is 0 Å².